The molecule has 1 aromatic carbocycles. The van der Waals surface area contributed by atoms with Crippen LogP contribution in [0.5, 0.6) is 5.75 Å². The van der Waals surface area contributed by atoms with E-state index in [1.165, 1.54) is 11.1 Å². The average Bonchev–Trinajstić information content (AvgIpc) is 3.23. The van der Waals surface area contributed by atoms with Gasteiger partial charge in [0.1, 0.15) is 11.4 Å². The van der Waals surface area contributed by atoms with Gasteiger partial charge >= 0.3 is 0 Å². The molecule has 1 saturated heterocycles. The average molecular weight is 351 g/mol. The molecule has 0 radical (unpaired) electrons. The van der Waals surface area contributed by atoms with Gasteiger partial charge in [0.25, 0.3) is 5.91 Å². The van der Waals surface area contributed by atoms with E-state index in [0.717, 1.165) is 38.2 Å². The summed E-state index contributed by atoms with van der Waals surface area (Å²) in [6, 6.07) is 10.2. The molecule has 0 aliphatic carbocycles. The molecule has 1 fully saturated rings. The number of hydrogen-bond donors (Lipinski definition) is 1. The zero-order valence-electron chi connectivity index (χ0n) is 15.4. The van der Waals surface area contributed by atoms with Gasteiger partial charge in [0.15, 0.2) is 0 Å². The predicted molar refractivity (Wildman–Crippen MR) is 100 cm³/mol. The number of amides is 1. The number of pyridine rings is 1. The molecule has 1 amide bonds. The number of carbonyl (C=O) groups excluding carboxylic acids is 1. The summed E-state index contributed by atoms with van der Waals surface area (Å²) in [7, 11) is 0. The lowest BCUT2D eigenvalue weighted by molar-refractivity contribution is 0.0789. The molecule has 2 aliphatic rings. The number of benzene rings is 1. The summed E-state index contributed by atoms with van der Waals surface area (Å²) < 4.78 is 6.15. The Hall–Kier alpha value is -2.40. The number of fused-ring (bicyclic) bond motifs is 1. The number of nitrogens with one attached hydrogen (secondary N) is 1. The van der Waals surface area contributed by atoms with Crippen LogP contribution in [0.3, 0.4) is 0 Å². The third-order valence-corrected chi connectivity index (χ3v) is 5.16. The first-order valence-corrected chi connectivity index (χ1v) is 9.24. The van der Waals surface area contributed by atoms with Gasteiger partial charge in [0, 0.05) is 55.6 Å². The number of ether oxygens (including phenoxy) is 1. The summed E-state index contributed by atoms with van der Waals surface area (Å²) in [6.45, 7) is 6.55. The van der Waals surface area contributed by atoms with Crippen LogP contribution in [0.4, 0.5) is 0 Å². The molecule has 3 heterocycles. The number of nitrogens with zero attached hydrogens (tertiary/aromatic N) is 2. The number of para-hydroxylation sites is 1. The van der Waals surface area contributed by atoms with Crippen molar-refractivity contribution in [2.45, 2.75) is 44.9 Å². The fourth-order valence-electron chi connectivity index (χ4n) is 3.86. The first-order chi connectivity index (χ1) is 12.5. The first-order valence-electron chi connectivity index (χ1n) is 9.24. The lowest BCUT2D eigenvalue weighted by Crippen LogP contribution is -2.35. The van der Waals surface area contributed by atoms with Crippen molar-refractivity contribution in [1.82, 2.24) is 15.2 Å². The van der Waals surface area contributed by atoms with E-state index in [4.69, 9.17) is 4.74 Å². The molecular weight excluding hydrogens is 326 g/mol. The van der Waals surface area contributed by atoms with Gasteiger partial charge in [-0.15, -0.1) is 0 Å². The van der Waals surface area contributed by atoms with Crippen molar-refractivity contribution < 1.29 is 9.53 Å². The summed E-state index contributed by atoms with van der Waals surface area (Å²) in [5, 5.41) is 3.61. The predicted octanol–water partition coefficient (Wildman–Crippen LogP) is 2.80. The molecule has 5 heteroatoms. The molecular formula is C21H25N3O2. The highest BCUT2D eigenvalue weighted by Gasteiger charge is 2.32. The Morgan fingerprint density at radius 2 is 2.12 bits per heavy atom. The van der Waals surface area contributed by atoms with E-state index >= 15 is 0 Å². The van der Waals surface area contributed by atoms with E-state index in [-0.39, 0.29) is 11.5 Å². The molecule has 0 saturated carbocycles. The van der Waals surface area contributed by atoms with E-state index in [1.54, 1.807) is 24.5 Å². The Labute approximate surface area is 154 Å². The van der Waals surface area contributed by atoms with Crippen LogP contribution in [0.1, 0.15) is 41.8 Å². The quantitative estimate of drug-likeness (QED) is 0.920. The van der Waals surface area contributed by atoms with Gasteiger partial charge in [0.2, 0.25) is 0 Å². The van der Waals surface area contributed by atoms with Gasteiger partial charge in [-0.1, -0.05) is 18.2 Å². The highest BCUT2D eigenvalue weighted by atomic mass is 16.5. The monoisotopic (exact) mass is 351 g/mol. The Kier molecular flexibility index (Phi) is 4.41. The summed E-state index contributed by atoms with van der Waals surface area (Å²) in [5.41, 5.74) is 3.07. The third-order valence-electron chi connectivity index (χ3n) is 5.16. The minimum Gasteiger partial charge on any atom is -0.487 e. The molecule has 1 unspecified atom stereocenters. The molecule has 2 aliphatic heterocycles. The van der Waals surface area contributed by atoms with Crippen LogP contribution in [0, 0.1) is 0 Å². The van der Waals surface area contributed by atoms with Crippen molar-refractivity contribution in [1.29, 1.82) is 0 Å². The molecule has 0 spiro atoms. The Bertz CT molecular complexity index is 804. The van der Waals surface area contributed by atoms with Crippen LogP contribution in [-0.2, 0) is 13.0 Å². The van der Waals surface area contributed by atoms with E-state index in [0.29, 0.717) is 11.6 Å². The molecule has 2 aromatic rings. The van der Waals surface area contributed by atoms with Crippen molar-refractivity contribution in [3.8, 4) is 5.75 Å². The largest absolute Gasteiger partial charge is 0.487 e. The van der Waals surface area contributed by atoms with Crippen LogP contribution in [-0.4, -0.2) is 40.5 Å². The molecule has 5 nitrogen and oxygen atoms in total. The highest BCUT2D eigenvalue weighted by Crippen LogP contribution is 2.37. The summed E-state index contributed by atoms with van der Waals surface area (Å²) in [6.07, 6.45) is 5.25. The zero-order chi connectivity index (χ0) is 18.1. The number of aromatic nitrogens is 1. The molecule has 0 bridgehead atoms. The van der Waals surface area contributed by atoms with Crippen LogP contribution in [0.15, 0.2) is 42.7 Å². The smallest absolute Gasteiger partial charge is 0.254 e. The number of carbonyl (C=O) groups is 1. The zero-order valence-corrected chi connectivity index (χ0v) is 15.4. The molecule has 1 N–H and O–H groups in total. The Morgan fingerprint density at radius 1 is 1.31 bits per heavy atom. The van der Waals surface area contributed by atoms with Crippen LogP contribution in [0.2, 0.25) is 0 Å². The number of likely N-dealkylation sites (tertiary alicyclic amines) is 1. The third kappa shape index (κ3) is 3.44. The van der Waals surface area contributed by atoms with Crippen LogP contribution >= 0.6 is 0 Å². The van der Waals surface area contributed by atoms with E-state index in [1.807, 2.05) is 4.90 Å². The second-order valence-corrected chi connectivity index (χ2v) is 7.80. The SMILES string of the molecule is CC1(C)Cc2cccc(CNC3CCN(C(=O)c4ccncc4)C3)c2O1. The van der Waals surface area contributed by atoms with E-state index in [2.05, 4.69) is 42.3 Å². The summed E-state index contributed by atoms with van der Waals surface area (Å²) in [5.74, 6) is 1.12. The Morgan fingerprint density at radius 3 is 2.92 bits per heavy atom. The molecule has 1 atom stereocenters. The maximum absolute atomic E-state index is 12.5. The topological polar surface area (TPSA) is 54.5 Å². The van der Waals surface area contributed by atoms with Gasteiger partial charge in [-0.3, -0.25) is 9.78 Å². The second-order valence-electron chi connectivity index (χ2n) is 7.80. The molecule has 26 heavy (non-hydrogen) atoms. The van der Waals surface area contributed by atoms with E-state index < -0.39 is 0 Å². The van der Waals surface area contributed by atoms with Crippen molar-refractivity contribution in [2.24, 2.45) is 0 Å². The standard InChI is InChI=1S/C21H25N3O2/c1-21(2)12-16-4-3-5-17(19(16)26-21)13-23-18-8-11-24(14-18)20(25)15-6-9-22-10-7-15/h3-7,9-10,18,23H,8,11-14H2,1-2H3. The van der Waals surface area contributed by atoms with Gasteiger partial charge in [-0.2, -0.15) is 0 Å². The maximum atomic E-state index is 12.5. The van der Waals surface area contributed by atoms with Crippen LogP contribution in [0.25, 0.3) is 0 Å². The van der Waals surface area contributed by atoms with Gasteiger partial charge in [0.05, 0.1) is 0 Å². The maximum Gasteiger partial charge on any atom is 0.254 e. The first kappa shape index (κ1) is 17.0. The fraction of sp³-hybridized carbons (Fsp3) is 0.429. The fourth-order valence-corrected chi connectivity index (χ4v) is 3.86. The lowest BCUT2D eigenvalue weighted by atomic mass is 10.0. The second kappa shape index (κ2) is 6.72. The minimum atomic E-state index is -0.125. The van der Waals surface area contributed by atoms with Gasteiger partial charge < -0.3 is 15.0 Å². The highest BCUT2D eigenvalue weighted by molar-refractivity contribution is 5.94. The Balaban J connectivity index is 1.36. The van der Waals surface area contributed by atoms with Gasteiger partial charge in [-0.05, 0) is 38.0 Å². The molecule has 4 rings (SSSR count). The molecule has 1 aromatic heterocycles. The number of rotatable bonds is 4. The summed E-state index contributed by atoms with van der Waals surface area (Å²) in [4.78, 5) is 18.4. The normalized spacial score (nSPS) is 20.7. The lowest BCUT2D eigenvalue weighted by Gasteiger charge is -2.19. The number of hydrogen-bond acceptors (Lipinski definition) is 4. The summed E-state index contributed by atoms with van der Waals surface area (Å²) >= 11 is 0. The molecule has 136 valence electrons. The van der Waals surface area contributed by atoms with Crippen molar-refractivity contribution in [2.75, 3.05) is 13.1 Å². The van der Waals surface area contributed by atoms with Crippen LogP contribution < -0.4 is 10.1 Å². The van der Waals surface area contributed by atoms with Crippen molar-refractivity contribution in [3.63, 3.8) is 0 Å². The minimum absolute atomic E-state index is 0.0855. The van der Waals surface area contributed by atoms with E-state index in [9.17, 15) is 4.79 Å². The van der Waals surface area contributed by atoms with Crippen molar-refractivity contribution in [3.05, 3.63) is 59.4 Å². The van der Waals surface area contributed by atoms with Crippen molar-refractivity contribution >= 4 is 5.91 Å². The van der Waals surface area contributed by atoms with Gasteiger partial charge in [-0.25, -0.2) is 0 Å².